The molecule has 0 spiro atoms. The van der Waals surface area contributed by atoms with Gasteiger partial charge in [-0.3, -0.25) is 0 Å². The first-order valence-corrected chi connectivity index (χ1v) is 5.17. The van der Waals surface area contributed by atoms with Gasteiger partial charge in [0.05, 0.1) is 6.61 Å². The van der Waals surface area contributed by atoms with Crippen molar-refractivity contribution >= 4 is 12.1 Å². The normalized spacial score (nSPS) is 36.6. The zero-order chi connectivity index (χ0) is 13.6. The third kappa shape index (κ3) is 1.41. The summed E-state index contributed by atoms with van der Waals surface area (Å²) in [4.78, 5) is 22.7. The van der Waals surface area contributed by atoms with E-state index in [2.05, 4.69) is 14.2 Å². The molecule has 2 aliphatic rings. The Morgan fingerprint density at radius 3 is 2.83 bits per heavy atom. The van der Waals surface area contributed by atoms with Crippen LogP contribution in [0.1, 0.15) is 6.92 Å². The van der Waals surface area contributed by atoms with Gasteiger partial charge in [0.1, 0.15) is 6.10 Å². The Balaban J connectivity index is 2.51. The van der Waals surface area contributed by atoms with Gasteiger partial charge in [-0.25, -0.2) is 9.59 Å². The highest BCUT2D eigenvalue weighted by molar-refractivity contribution is 5.88. The molecule has 100 valence electrons. The number of ether oxygens (including phenoxy) is 3. The van der Waals surface area contributed by atoms with Crippen LogP contribution in [0.5, 0.6) is 0 Å². The van der Waals surface area contributed by atoms with Gasteiger partial charge >= 0.3 is 23.6 Å². The summed E-state index contributed by atoms with van der Waals surface area (Å²) in [5, 5.41) is 9.26. The lowest BCUT2D eigenvalue weighted by atomic mass is 9.81. The van der Waals surface area contributed by atoms with E-state index >= 15 is 0 Å². The van der Waals surface area contributed by atoms with Crippen molar-refractivity contribution in [1.82, 2.24) is 0 Å². The Kier molecular flexibility index (Phi) is 2.77. The minimum atomic E-state index is -4.04. The van der Waals surface area contributed by atoms with E-state index in [1.54, 1.807) is 0 Å². The Morgan fingerprint density at radius 2 is 2.22 bits per heavy atom. The smallest absolute Gasteiger partial charge is 0.463 e. The number of hydrogen-bond donors (Lipinski definition) is 1. The molecule has 0 aromatic carbocycles. The van der Waals surface area contributed by atoms with Gasteiger partial charge in [-0.05, 0) is 13.0 Å². The molecular formula is C10H10F2O6. The first kappa shape index (κ1) is 12.7. The highest BCUT2D eigenvalue weighted by Crippen LogP contribution is 2.47. The third-order valence-corrected chi connectivity index (χ3v) is 2.78. The van der Waals surface area contributed by atoms with E-state index in [0.29, 0.717) is 0 Å². The summed E-state index contributed by atoms with van der Waals surface area (Å²) < 4.78 is 41.3. The Bertz CT molecular complexity index is 421. The first-order valence-electron chi connectivity index (χ1n) is 5.17. The van der Waals surface area contributed by atoms with Crippen LogP contribution in [0.4, 0.5) is 13.6 Å². The van der Waals surface area contributed by atoms with Crippen LogP contribution in [0, 0.1) is 0 Å². The molecule has 6 nitrogen and oxygen atoms in total. The maximum absolute atomic E-state index is 14.0. The molecule has 0 aromatic heterocycles. The molecule has 0 saturated carbocycles. The molecule has 0 amide bonds. The Morgan fingerprint density at radius 1 is 1.56 bits per heavy atom. The van der Waals surface area contributed by atoms with Gasteiger partial charge in [0.25, 0.3) is 0 Å². The van der Waals surface area contributed by atoms with E-state index in [1.807, 2.05) is 0 Å². The van der Waals surface area contributed by atoms with Crippen molar-refractivity contribution in [3.8, 4) is 0 Å². The van der Waals surface area contributed by atoms with Crippen molar-refractivity contribution < 1.29 is 37.7 Å². The summed E-state index contributed by atoms with van der Waals surface area (Å²) in [6.07, 6.45) is -3.59. The van der Waals surface area contributed by atoms with Gasteiger partial charge < -0.3 is 19.3 Å². The van der Waals surface area contributed by atoms with E-state index < -0.39 is 35.9 Å². The maximum atomic E-state index is 14.0. The van der Waals surface area contributed by atoms with Gasteiger partial charge in [-0.1, -0.05) is 6.08 Å². The molecular weight excluding hydrogens is 254 g/mol. The number of fused-ring (bicyclic) bond motifs is 1. The first-order chi connectivity index (χ1) is 8.36. The molecule has 0 bridgehead atoms. The van der Waals surface area contributed by atoms with Crippen LogP contribution >= 0.6 is 0 Å². The van der Waals surface area contributed by atoms with Crippen LogP contribution < -0.4 is 0 Å². The molecule has 3 atom stereocenters. The summed E-state index contributed by atoms with van der Waals surface area (Å²) in [5.74, 6) is -5.49. The van der Waals surface area contributed by atoms with Crippen LogP contribution in [0.2, 0.25) is 0 Å². The number of aliphatic hydroxyl groups excluding tert-OH is 1. The standard InChI is InChI=1S/C10H10F2O6/c1-2-16-7(14)9-6(17-8(15)18-9)4-3-5(13)10(9,11)12/h3-6,13H,2H2,1H3/t5-,6-,9+/m1/s1. The summed E-state index contributed by atoms with van der Waals surface area (Å²) in [7, 11) is 0. The molecule has 2 rings (SSSR count). The van der Waals surface area contributed by atoms with Crippen LogP contribution in [0.3, 0.4) is 0 Å². The monoisotopic (exact) mass is 264 g/mol. The zero-order valence-corrected chi connectivity index (χ0v) is 9.26. The van der Waals surface area contributed by atoms with Crippen LogP contribution in [0.25, 0.3) is 0 Å². The number of aliphatic hydroxyl groups is 1. The predicted molar refractivity (Wildman–Crippen MR) is 50.8 cm³/mol. The van der Waals surface area contributed by atoms with Crippen molar-refractivity contribution in [3.05, 3.63) is 12.2 Å². The van der Waals surface area contributed by atoms with E-state index in [-0.39, 0.29) is 6.61 Å². The van der Waals surface area contributed by atoms with Crippen molar-refractivity contribution in [2.75, 3.05) is 6.61 Å². The number of hydrogen-bond acceptors (Lipinski definition) is 6. The molecule has 1 aliphatic carbocycles. The third-order valence-electron chi connectivity index (χ3n) is 2.78. The fourth-order valence-corrected chi connectivity index (χ4v) is 1.91. The van der Waals surface area contributed by atoms with E-state index in [1.165, 1.54) is 6.92 Å². The van der Waals surface area contributed by atoms with Crippen LogP contribution in [0.15, 0.2) is 12.2 Å². The molecule has 8 heteroatoms. The number of carbonyl (C=O) groups excluding carboxylic acids is 2. The van der Waals surface area contributed by atoms with Gasteiger partial charge in [0.2, 0.25) is 0 Å². The summed E-state index contributed by atoms with van der Waals surface area (Å²) in [6.45, 7) is 1.23. The lowest BCUT2D eigenvalue weighted by molar-refractivity contribution is -0.232. The summed E-state index contributed by atoms with van der Waals surface area (Å²) in [5.41, 5.74) is -2.96. The van der Waals surface area contributed by atoms with Gasteiger partial charge in [0, 0.05) is 0 Å². The molecule has 1 aliphatic heterocycles. The lowest BCUT2D eigenvalue weighted by Gasteiger charge is -2.38. The number of halogens is 2. The van der Waals surface area contributed by atoms with Crippen molar-refractivity contribution in [1.29, 1.82) is 0 Å². The minimum absolute atomic E-state index is 0.180. The second-order valence-corrected chi connectivity index (χ2v) is 3.80. The van der Waals surface area contributed by atoms with Crippen LogP contribution in [-0.4, -0.2) is 47.6 Å². The quantitative estimate of drug-likeness (QED) is 0.574. The van der Waals surface area contributed by atoms with Gasteiger partial charge in [-0.2, -0.15) is 8.78 Å². The molecule has 0 unspecified atom stereocenters. The minimum Gasteiger partial charge on any atom is -0.463 e. The van der Waals surface area contributed by atoms with Crippen molar-refractivity contribution in [2.45, 2.75) is 30.7 Å². The molecule has 18 heavy (non-hydrogen) atoms. The van der Waals surface area contributed by atoms with Crippen LogP contribution in [-0.2, 0) is 19.0 Å². The van der Waals surface area contributed by atoms with Crippen molar-refractivity contribution in [2.24, 2.45) is 0 Å². The predicted octanol–water partition coefficient (Wildman–Crippen LogP) is 0.390. The van der Waals surface area contributed by atoms with E-state index in [4.69, 9.17) is 0 Å². The maximum Gasteiger partial charge on any atom is 0.510 e. The van der Waals surface area contributed by atoms with Gasteiger partial charge in [0.15, 0.2) is 6.10 Å². The summed E-state index contributed by atoms with van der Waals surface area (Å²) >= 11 is 0. The molecule has 1 N–H and O–H groups in total. The van der Waals surface area contributed by atoms with E-state index in [0.717, 1.165) is 12.2 Å². The lowest BCUT2D eigenvalue weighted by Crippen LogP contribution is -2.66. The van der Waals surface area contributed by atoms with Crippen molar-refractivity contribution in [3.63, 3.8) is 0 Å². The number of rotatable bonds is 2. The number of alkyl halides is 2. The Hall–Kier alpha value is -1.70. The fourth-order valence-electron chi connectivity index (χ4n) is 1.91. The molecule has 0 aromatic rings. The average molecular weight is 264 g/mol. The van der Waals surface area contributed by atoms with E-state index in [9.17, 15) is 23.5 Å². The molecule has 1 fully saturated rings. The second kappa shape index (κ2) is 3.91. The second-order valence-electron chi connectivity index (χ2n) is 3.80. The Labute approximate surface area is 100 Å². The SMILES string of the molecule is CCOC(=O)[C@@]12OC(=O)O[C@@H]1C=C[C@@H](O)C2(F)F. The average Bonchev–Trinajstić information content (AvgIpc) is 2.64. The largest absolute Gasteiger partial charge is 0.510 e. The fraction of sp³-hybridized carbons (Fsp3) is 0.600. The number of esters is 1. The highest BCUT2D eigenvalue weighted by atomic mass is 19.3. The zero-order valence-electron chi connectivity index (χ0n) is 9.26. The topological polar surface area (TPSA) is 82.1 Å². The number of carbonyl (C=O) groups is 2. The van der Waals surface area contributed by atoms with Gasteiger partial charge in [-0.15, -0.1) is 0 Å². The highest BCUT2D eigenvalue weighted by Gasteiger charge is 2.76. The molecule has 1 saturated heterocycles. The summed E-state index contributed by atoms with van der Waals surface area (Å²) in [6, 6.07) is 0. The molecule has 1 heterocycles. The molecule has 0 radical (unpaired) electrons.